The Morgan fingerprint density at radius 1 is 0.957 bits per heavy atom. The predicted octanol–water partition coefficient (Wildman–Crippen LogP) is 4.03. The molecule has 1 aliphatic heterocycles. The standard InChI is InChI=1S/C20H24N2O/c1-2-16-5-7-17(8-6-16)15-20(23)21-18-9-11-19(12-10-18)22-13-3-4-14-22/h5-12H,2-4,13-15H2,1H3,(H,21,23). The van der Waals surface area contributed by atoms with Crippen molar-refractivity contribution >= 4 is 17.3 Å². The quantitative estimate of drug-likeness (QED) is 0.904. The Balaban J connectivity index is 1.56. The molecule has 3 nitrogen and oxygen atoms in total. The number of aryl methyl sites for hydroxylation is 1. The van der Waals surface area contributed by atoms with Crippen LogP contribution in [0.5, 0.6) is 0 Å². The molecule has 0 saturated carbocycles. The van der Waals surface area contributed by atoms with E-state index in [-0.39, 0.29) is 5.91 Å². The molecule has 0 spiro atoms. The van der Waals surface area contributed by atoms with Crippen molar-refractivity contribution in [2.24, 2.45) is 0 Å². The first-order chi connectivity index (χ1) is 11.2. The first-order valence-electron chi connectivity index (χ1n) is 8.47. The molecule has 3 heteroatoms. The number of amides is 1. The summed E-state index contributed by atoms with van der Waals surface area (Å²) in [5.74, 6) is 0.0307. The van der Waals surface area contributed by atoms with Crippen molar-refractivity contribution in [2.75, 3.05) is 23.3 Å². The Labute approximate surface area is 138 Å². The van der Waals surface area contributed by atoms with Crippen molar-refractivity contribution in [3.05, 3.63) is 59.7 Å². The summed E-state index contributed by atoms with van der Waals surface area (Å²) >= 11 is 0. The van der Waals surface area contributed by atoms with Crippen LogP contribution in [0.1, 0.15) is 30.9 Å². The van der Waals surface area contributed by atoms with Gasteiger partial charge in [-0.1, -0.05) is 31.2 Å². The number of carbonyl (C=O) groups is 1. The smallest absolute Gasteiger partial charge is 0.228 e. The van der Waals surface area contributed by atoms with Crippen LogP contribution in [-0.4, -0.2) is 19.0 Å². The van der Waals surface area contributed by atoms with Gasteiger partial charge in [-0.3, -0.25) is 4.79 Å². The van der Waals surface area contributed by atoms with Gasteiger partial charge in [-0.2, -0.15) is 0 Å². The average Bonchev–Trinajstić information content (AvgIpc) is 3.11. The third-order valence-electron chi connectivity index (χ3n) is 4.42. The maximum Gasteiger partial charge on any atom is 0.228 e. The number of anilines is 2. The predicted molar refractivity (Wildman–Crippen MR) is 96.0 cm³/mol. The molecule has 1 heterocycles. The molecule has 0 aromatic heterocycles. The number of nitrogens with one attached hydrogen (secondary N) is 1. The Bertz CT molecular complexity index is 640. The normalized spacial score (nSPS) is 14.0. The summed E-state index contributed by atoms with van der Waals surface area (Å²) in [5, 5.41) is 2.98. The zero-order valence-corrected chi connectivity index (χ0v) is 13.7. The number of nitrogens with zero attached hydrogens (tertiary/aromatic N) is 1. The zero-order chi connectivity index (χ0) is 16.1. The summed E-state index contributed by atoms with van der Waals surface area (Å²) in [6.07, 6.45) is 3.98. The minimum absolute atomic E-state index is 0.0307. The number of rotatable bonds is 5. The molecule has 2 aromatic carbocycles. The molecule has 1 saturated heterocycles. The van der Waals surface area contributed by atoms with Crippen molar-refractivity contribution in [3.63, 3.8) is 0 Å². The number of carbonyl (C=O) groups excluding carboxylic acids is 1. The molecule has 0 atom stereocenters. The SMILES string of the molecule is CCc1ccc(CC(=O)Nc2ccc(N3CCCC3)cc2)cc1. The van der Waals surface area contributed by atoms with Gasteiger partial charge >= 0.3 is 0 Å². The van der Waals surface area contributed by atoms with Gasteiger partial charge in [0.2, 0.25) is 5.91 Å². The summed E-state index contributed by atoms with van der Waals surface area (Å²) in [6, 6.07) is 16.4. The molecule has 1 aliphatic rings. The Kier molecular flexibility index (Phi) is 4.96. The van der Waals surface area contributed by atoms with E-state index in [2.05, 4.69) is 41.4 Å². The van der Waals surface area contributed by atoms with E-state index in [1.54, 1.807) is 0 Å². The van der Waals surface area contributed by atoms with Crippen LogP contribution in [-0.2, 0) is 17.6 Å². The van der Waals surface area contributed by atoms with Crippen molar-refractivity contribution in [2.45, 2.75) is 32.6 Å². The van der Waals surface area contributed by atoms with Gasteiger partial charge in [0, 0.05) is 24.5 Å². The van der Waals surface area contributed by atoms with Crippen LogP contribution in [0.3, 0.4) is 0 Å². The van der Waals surface area contributed by atoms with Crippen LogP contribution in [0.25, 0.3) is 0 Å². The van der Waals surface area contributed by atoms with Crippen LogP contribution in [0.15, 0.2) is 48.5 Å². The molecule has 0 unspecified atom stereocenters. The summed E-state index contributed by atoms with van der Waals surface area (Å²) in [4.78, 5) is 14.5. The molecule has 0 radical (unpaired) electrons. The average molecular weight is 308 g/mol. The number of hydrogen-bond donors (Lipinski definition) is 1. The largest absolute Gasteiger partial charge is 0.372 e. The second kappa shape index (κ2) is 7.32. The highest BCUT2D eigenvalue weighted by Gasteiger charge is 2.12. The van der Waals surface area contributed by atoms with E-state index in [1.165, 1.54) is 24.1 Å². The van der Waals surface area contributed by atoms with Crippen molar-refractivity contribution in [1.82, 2.24) is 0 Å². The minimum Gasteiger partial charge on any atom is -0.372 e. The number of benzene rings is 2. The fraction of sp³-hybridized carbons (Fsp3) is 0.350. The second-order valence-corrected chi connectivity index (χ2v) is 6.14. The molecule has 1 amide bonds. The highest BCUT2D eigenvalue weighted by molar-refractivity contribution is 5.92. The topological polar surface area (TPSA) is 32.3 Å². The Morgan fingerprint density at radius 2 is 1.57 bits per heavy atom. The second-order valence-electron chi connectivity index (χ2n) is 6.14. The van der Waals surface area contributed by atoms with E-state index >= 15 is 0 Å². The zero-order valence-electron chi connectivity index (χ0n) is 13.7. The summed E-state index contributed by atoms with van der Waals surface area (Å²) in [6.45, 7) is 4.41. The molecular weight excluding hydrogens is 284 g/mol. The van der Waals surface area contributed by atoms with Crippen molar-refractivity contribution in [3.8, 4) is 0 Å². The minimum atomic E-state index is 0.0307. The molecule has 1 N–H and O–H groups in total. The van der Waals surface area contributed by atoms with Crippen LogP contribution < -0.4 is 10.2 Å². The molecule has 0 bridgehead atoms. The van der Waals surface area contributed by atoms with Gasteiger partial charge in [0.25, 0.3) is 0 Å². The maximum atomic E-state index is 12.2. The van der Waals surface area contributed by atoms with Gasteiger partial charge < -0.3 is 10.2 Å². The Hall–Kier alpha value is -2.29. The molecular formula is C20H24N2O. The fourth-order valence-electron chi connectivity index (χ4n) is 3.01. The first kappa shape index (κ1) is 15.6. The highest BCUT2D eigenvalue weighted by Crippen LogP contribution is 2.22. The van der Waals surface area contributed by atoms with Crippen LogP contribution >= 0.6 is 0 Å². The van der Waals surface area contributed by atoms with Gasteiger partial charge in [0.15, 0.2) is 0 Å². The van der Waals surface area contributed by atoms with Gasteiger partial charge in [0.05, 0.1) is 6.42 Å². The van der Waals surface area contributed by atoms with Gasteiger partial charge in [-0.25, -0.2) is 0 Å². The van der Waals surface area contributed by atoms with Gasteiger partial charge in [0.1, 0.15) is 0 Å². The molecule has 0 aliphatic carbocycles. The van der Waals surface area contributed by atoms with Crippen molar-refractivity contribution < 1.29 is 4.79 Å². The maximum absolute atomic E-state index is 12.2. The lowest BCUT2D eigenvalue weighted by atomic mass is 10.1. The van der Waals surface area contributed by atoms with E-state index in [1.807, 2.05) is 24.3 Å². The lowest BCUT2D eigenvalue weighted by molar-refractivity contribution is -0.115. The molecule has 1 fully saturated rings. The van der Waals surface area contributed by atoms with E-state index < -0.39 is 0 Å². The monoisotopic (exact) mass is 308 g/mol. The first-order valence-corrected chi connectivity index (χ1v) is 8.47. The van der Waals surface area contributed by atoms with Crippen molar-refractivity contribution in [1.29, 1.82) is 0 Å². The lowest BCUT2D eigenvalue weighted by Crippen LogP contribution is -2.18. The lowest BCUT2D eigenvalue weighted by Gasteiger charge is -2.17. The summed E-state index contributed by atoms with van der Waals surface area (Å²) in [5.41, 5.74) is 4.46. The van der Waals surface area contributed by atoms with Crippen LogP contribution in [0.2, 0.25) is 0 Å². The van der Waals surface area contributed by atoms with E-state index in [0.29, 0.717) is 6.42 Å². The molecule has 3 rings (SSSR count). The number of hydrogen-bond acceptors (Lipinski definition) is 2. The Morgan fingerprint density at radius 3 is 2.17 bits per heavy atom. The molecule has 120 valence electrons. The van der Waals surface area contributed by atoms with E-state index in [0.717, 1.165) is 30.8 Å². The van der Waals surface area contributed by atoms with Gasteiger partial charge in [-0.05, 0) is 54.7 Å². The third-order valence-corrected chi connectivity index (χ3v) is 4.42. The summed E-state index contributed by atoms with van der Waals surface area (Å²) in [7, 11) is 0. The molecule has 23 heavy (non-hydrogen) atoms. The van der Waals surface area contributed by atoms with E-state index in [9.17, 15) is 4.79 Å². The summed E-state index contributed by atoms with van der Waals surface area (Å²) < 4.78 is 0. The fourth-order valence-corrected chi connectivity index (χ4v) is 3.01. The third kappa shape index (κ3) is 4.13. The molecule has 2 aromatic rings. The van der Waals surface area contributed by atoms with Gasteiger partial charge in [-0.15, -0.1) is 0 Å². The van der Waals surface area contributed by atoms with Crippen LogP contribution in [0, 0.1) is 0 Å². The van der Waals surface area contributed by atoms with Crippen LogP contribution in [0.4, 0.5) is 11.4 Å². The highest BCUT2D eigenvalue weighted by atomic mass is 16.1. The van der Waals surface area contributed by atoms with E-state index in [4.69, 9.17) is 0 Å².